The highest BCUT2D eigenvalue weighted by Gasteiger charge is 2.13. The number of ether oxygens (including phenoxy) is 1. The van der Waals surface area contributed by atoms with Crippen molar-refractivity contribution < 1.29 is 9.53 Å². The van der Waals surface area contributed by atoms with E-state index in [0.717, 1.165) is 35.5 Å². The molecule has 1 N–H and O–H groups in total. The average molecular weight is 396 g/mol. The van der Waals surface area contributed by atoms with Crippen LogP contribution in [-0.2, 0) is 11.3 Å². The topological polar surface area (TPSA) is 56.2 Å². The molecule has 5 nitrogen and oxygen atoms in total. The van der Waals surface area contributed by atoms with Gasteiger partial charge in [-0.15, -0.1) is 11.3 Å². The number of benzene rings is 1. The number of hydrogen-bond acceptors (Lipinski definition) is 4. The number of amides is 1. The van der Waals surface area contributed by atoms with Crippen molar-refractivity contribution in [3.05, 3.63) is 58.7 Å². The Hall–Kier alpha value is -2.86. The molecular formula is C22H25N3O2S. The fourth-order valence-electron chi connectivity index (χ4n) is 3.15. The molecule has 28 heavy (non-hydrogen) atoms. The van der Waals surface area contributed by atoms with E-state index in [2.05, 4.69) is 41.7 Å². The predicted molar refractivity (Wildman–Crippen MR) is 116 cm³/mol. The molecular weight excluding hydrogens is 370 g/mol. The summed E-state index contributed by atoms with van der Waals surface area (Å²) >= 11 is 1.43. The van der Waals surface area contributed by atoms with E-state index in [9.17, 15) is 4.79 Å². The Kier molecular flexibility index (Phi) is 6.31. The van der Waals surface area contributed by atoms with Gasteiger partial charge in [0.05, 0.1) is 12.8 Å². The lowest BCUT2D eigenvalue weighted by Crippen LogP contribution is -2.07. The van der Waals surface area contributed by atoms with Gasteiger partial charge in [0.1, 0.15) is 5.75 Å². The maximum Gasteiger partial charge on any atom is 0.250 e. The number of rotatable bonds is 7. The molecule has 0 aliphatic heterocycles. The lowest BCUT2D eigenvalue weighted by molar-refractivity contribution is -0.111. The third-order valence-corrected chi connectivity index (χ3v) is 5.31. The van der Waals surface area contributed by atoms with E-state index in [4.69, 9.17) is 4.74 Å². The first-order valence-electron chi connectivity index (χ1n) is 9.27. The number of methoxy groups -OCH3 is 1. The van der Waals surface area contributed by atoms with Gasteiger partial charge in [-0.05, 0) is 50.1 Å². The van der Waals surface area contributed by atoms with E-state index < -0.39 is 0 Å². The van der Waals surface area contributed by atoms with Gasteiger partial charge < -0.3 is 9.30 Å². The molecule has 0 aliphatic carbocycles. The Morgan fingerprint density at radius 3 is 2.89 bits per heavy atom. The number of aryl methyl sites for hydroxylation is 1. The molecule has 6 heteroatoms. The predicted octanol–water partition coefficient (Wildman–Crippen LogP) is 5.30. The van der Waals surface area contributed by atoms with Crippen molar-refractivity contribution in [2.24, 2.45) is 0 Å². The number of carbonyl (C=O) groups is 1. The summed E-state index contributed by atoms with van der Waals surface area (Å²) in [5, 5.41) is 5.42. The monoisotopic (exact) mass is 395 g/mol. The molecule has 0 spiro atoms. The van der Waals surface area contributed by atoms with Crippen LogP contribution in [0.4, 0.5) is 5.13 Å². The molecule has 2 heterocycles. The Bertz CT molecular complexity index is 1000. The van der Waals surface area contributed by atoms with Crippen LogP contribution in [0.5, 0.6) is 5.75 Å². The van der Waals surface area contributed by atoms with Gasteiger partial charge >= 0.3 is 0 Å². The molecule has 0 atom stereocenters. The number of anilines is 1. The van der Waals surface area contributed by atoms with Gasteiger partial charge in [0.25, 0.3) is 0 Å². The van der Waals surface area contributed by atoms with Crippen LogP contribution < -0.4 is 10.1 Å². The van der Waals surface area contributed by atoms with Gasteiger partial charge in [-0.2, -0.15) is 0 Å². The third-order valence-electron chi connectivity index (χ3n) is 4.55. The van der Waals surface area contributed by atoms with E-state index in [1.54, 1.807) is 13.2 Å². The van der Waals surface area contributed by atoms with E-state index in [1.165, 1.54) is 28.8 Å². The smallest absolute Gasteiger partial charge is 0.250 e. The first kappa shape index (κ1) is 19.9. The first-order chi connectivity index (χ1) is 13.5. The van der Waals surface area contributed by atoms with Gasteiger partial charge in [0.15, 0.2) is 5.13 Å². The minimum atomic E-state index is -0.208. The second kappa shape index (κ2) is 8.89. The molecule has 0 aliphatic rings. The van der Waals surface area contributed by atoms with Gasteiger partial charge in [-0.25, -0.2) is 4.98 Å². The molecule has 1 aromatic carbocycles. The molecule has 3 aromatic rings. The van der Waals surface area contributed by atoms with Gasteiger partial charge in [0.2, 0.25) is 5.91 Å². The maximum absolute atomic E-state index is 12.2. The van der Waals surface area contributed by atoms with E-state index in [1.807, 2.05) is 29.6 Å². The van der Waals surface area contributed by atoms with Crippen LogP contribution in [0.1, 0.15) is 30.3 Å². The Labute approximate surface area is 169 Å². The molecule has 0 saturated heterocycles. The van der Waals surface area contributed by atoms with Crippen LogP contribution in [-0.4, -0.2) is 22.6 Å². The normalized spacial score (nSPS) is 11.1. The summed E-state index contributed by atoms with van der Waals surface area (Å²) in [5.41, 5.74) is 5.36. The zero-order chi connectivity index (χ0) is 20.1. The van der Waals surface area contributed by atoms with E-state index in [0.29, 0.717) is 5.13 Å². The SMILES string of the molecule is CCCn1c(C)cc(-c2csc(NC(=O)/C=C/c3cccc(OC)c3)n2)c1C. The number of aromatic nitrogens is 2. The van der Waals surface area contributed by atoms with Crippen LogP contribution in [0, 0.1) is 13.8 Å². The number of nitrogens with zero attached hydrogens (tertiary/aromatic N) is 2. The van der Waals surface area contributed by atoms with Gasteiger partial charge in [0, 0.05) is 35.0 Å². The second-order valence-corrected chi connectivity index (χ2v) is 7.43. The van der Waals surface area contributed by atoms with Crippen molar-refractivity contribution >= 4 is 28.5 Å². The van der Waals surface area contributed by atoms with Crippen LogP contribution >= 0.6 is 11.3 Å². The minimum absolute atomic E-state index is 0.208. The summed E-state index contributed by atoms with van der Waals surface area (Å²) < 4.78 is 7.50. The standard InChI is InChI=1S/C22H25N3O2S/c1-5-11-25-15(2)12-19(16(25)3)20-14-28-22(23-20)24-21(26)10-9-17-7-6-8-18(13-17)27-4/h6-10,12-14H,5,11H2,1-4H3,(H,23,24,26)/b10-9+. The summed E-state index contributed by atoms with van der Waals surface area (Å²) in [6.45, 7) is 7.41. The third kappa shape index (κ3) is 4.51. The molecule has 1 amide bonds. The Morgan fingerprint density at radius 1 is 1.32 bits per heavy atom. The lowest BCUT2D eigenvalue weighted by Gasteiger charge is -2.07. The Balaban J connectivity index is 1.70. The summed E-state index contributed by atoms with van der Waals surface area (Å²) in [4.78, 5) is 16.8. The quantitative estimate of drug-likeness (QED) is 0.552. The minimum Gasteiger partial charge on any atom is -0.497 e. The highest BCUT2D eigenvalue weighted by molar-refractivity contribution is 7.14. The van der Waals surface area contributed by atoms with Crippen LogP contribution in [0.25, 0.3) is 17.3 Å². The van der Waals surface area contributed by atoms with Crippen molar-refractivity contribution in [1.82, 2.24) is 9.55 Å². The number of hydrogen-bond donors (Lipinski definition) is 1. The van der Waals surface area contributed by atoms with E-state index >= 15 is 0 Å². The fraction of sp³-hybridized carbons (Fsp3) is 0.273. The summed E-state index contributed by atoms with van der Waals surface area (Å²) in [5.74, 6) is 0.549. The molecule has 0 fully saturated rings. The van der Waals surface area contributed by atoms with Crippen molar-refractivity contribution in [2.45, 2.75) is 33.7 Å². The maximum atomic E-state index is 12.2. The van der Waals surface area contributed by atoms with E-state index in [-0.39, 0.29) is 5.91 Å². The zero-order valence-corrected chi connectivity index (χ0v) is 17.5. The second-order valence-electron chi connectivity index (χ2n) is 6.57. The van der Waals surface area contributed by atoms with Crippen molar-refractivity contribution in [1.29, 1.82) is 0 Å². The van der Waals surface area contributed by atoms with Crippen molar-refractivity contribution in [3.8, 4) is 17.0 Å². The number of carbonyl (C=O) groups excluding carboxylic acids is 1. The molecule has 0 unspecified atom stereocenters. The molecule has 3 rings (SSSR count). The van der Waals surface area contributed by atoms with Crippen molar-refractivity contribution in [3.63, 3.8) is 0 Å². The number of nitrogens with one attached hydrogen (secondary N) is 1. The van der Waals surface area contributed by atoms with Crippen molar-refractivity contribution in [2.75, 3.05) is 12.4 Å². The average Bonchev–Trinajstić information content (AvgIpc) is 3.26. The molecule has 0 radical (unpaired) electrons. The van der Waals surface area contributed by atoms with Crippen LogP contribution in [0.3, 0.4) is 0 Å². The fourth-order valence-corrected chi connectivity index (χ4v) is 3.86. The molecule has 0 bridgehead atoms. The van der Waals surface area contributed by atoms with Gasteiger partial charge in [-0.1, -0.05) is 19.1 Å². The summed E-state index contributed by atoms with van der Waals surface area (Å²) in [7, 11) is 1.62. The summed E-state index contributed by atoms with van der Waals surface area (Å²) in [6.07, 6.45) is 4.35. The zero-order valence-electron chi connectivity index (χ0n) is 16.7. The number of thiazole rings is 1. The lowest BCUT2D eigenvalue weighted by atomic mass is 10.2. The first-order valence-corrected chi connectivity index (χ1v) is 10.2. The molecule has 2 aromatic heterocycles. The Morgan fingerprint density at radius 2 is 2.14 bits per heavy atom. The largest absolute Gasteiger partial charge is 0.497 e. The molecule has 0 saturated carbocycles. The highest BCUT2D eigenvalue weighted by Crippen LogP contribution is 2.30. The van der Waals surface area contributed by atoms with Crippen LogP contribution in [0.15, 0.2) is 41.8 Å². The molecule has 146 valence electrons. The summed E-state index contributed by atoms with van der Waals surface area (Å²) in [6, 6.07) is 9.70. The highest BCUT2D eigenvalue weighted by atomic mass is 32.1. The van der Waals surface area contributed by atoms with Crippen LogP contribution in [0.2, 0.25) is 0 Å². The van der Waals surface area contributed by atoms with Gasteiger partial charge in [-0.3, -0.25) is 10.1 Å².